The van der Waals surface area contributed by atoms with Gasteiger partial charge in [0, 0.05) is 18.3 Å². The second-order valence-corrected chi connectivity index (χ2v) is 6.84. The molecule has 0 fully saturated rings. The van der Waals surface area contributed by atoms with Gasteiger partial charge < -0.3 is 0 Å². The van der Waals surface area contributed by atoms with Crippen LogP contribution in [0.15, 0.2) is 52.5 Å². The van der Waals surface area contributed by atoms with Crippen LogP contribution < -0.4 is 10.1 Å². The molecule has 0 radical (unpaired) electrons. The summed E-state index contributed by atoms with van der Waals surface area (Å²) >= 11 is 0. The molecule has 0 bridgehead atoms. The highest BCUT2D eigenvalue weighted by Crippen LogP contribution is 2.29. The Morgan fingerprint density at radius 2 is 1.92 bits per heavy atom. The number of benzene rings is 2. The van der Waals surface area contributed by atoms with Crippen LogP contribution in [0.1, 0.15) is 18.9 Å². The van der Waals surface area contributed by atoms with Crippen molar-refractivity contribution in [3.8, 4) is 0 Å². The maximum absolute atomic E-state index is 12.8. The minimum atomic E-state index is -4.05. The molecule has 8 nitrogen and oxygen atoms in total. The van der Waals surface area contributed by atoms with E-state index in [2.05, 4.69) is 15.2 Å². The molecule has 0 aliphatic carbocycles. The second-order valence-electron chi connectivity index (χ2n) is 5.19. The van der Waals surface area contributed by atoms with Gasteiger partial charge in [-0.05, 0) is 31.0 Å². The zero-order valence-electron chi connectivity index (χ0n) is 13.8. The van der Waals surface area contributed by atoms with E-state index in [-0.39, 0.29) is 16.3 Å². The molecule has 2 rings (SSSR count). The molecule has 0 spiro atoms. The third-order valence-electron chi connectivity index (χ3n) is 3.31. The van der Waals surface area contributed by atoms with Gasteiger partial charge in [-0.1, -0.05) is 25.1 Å². The minimum Gasteiger partial charge on any atom is -0.279 e. The number of nitro groups is 1. The molecular weight excluding hydrogens is 344 g/mol. The molecule has 2 aromatic rings. The third-order valence-corrected chi connectivity index (χ3v) is 4.72. The molecule has 0 aromatic heterocycles. The molecule has 9 heteroatoms. The van der Waals surface area contributed by atoms with Gasteiger partial charge >= 0.3 is 0 Å². The van der Waals surface area contributed by atoms with Crippen LogP contribution in [0.2, 0.25) is 0 Å². The molecule has 2 aromatic carbocycles. The van der Waals surface area contributed by atoms with E-state index in [9.17, 15) is 18.5 Å². The number of nitrogens with one attached hydrogen (secondary N) is 2. The van der Waals surface area contributed by atoms with E-state index >= 15 is 0 Å². The molecule has 2 N–H and O–H groups in total. The molecule has 0 amide bonds. The molecule has 0 aliphatic heterocycles. The number of hydrazone groups is 1. The van der Waals surface area contributed by atoms with Crippen molar-refractivity contribution in [3.05, 3.63) is 58.1 Å². The van der Waals surface area contributed by atoms with E-state index in [4.69, 9.17) is 0 Å². The normalized spacial score (nSPS) is 11.4. The van der Waals surface area contributed by atoms with E-state index in [0.717, 1.165) is 11.6 Å². The molecule has 0 atom stereocenters. The van der Waals surface area contributed by atoms with Crippen molar-refractivity contribution in [1.82, 2.24) is 0 Å². The van der Waals surface area contributed by atoms with Gasteiger partial charge in [-0.2, -0.15) is 5.10 Å². The average Bonchev–Trinajstić information content (AvgIpc) is 2.57. The number of hydrogen-bond donors (Lipinski definition) is 2. The predicted molar refractivity (Wildman–Crippen MR) is 97.5 cm³/mol. The number of anilines is 2. The zero-order valence-corrected chi connectivity index (χ0v) is 14.6. The summed E-state index contributed by atoms with van der Waals surface area (Å²) < 4.78 is 28.0. The second kappa shape index (κ2) is 7.75. The maximum atomic E-state index is 12.8. The van der Waals surface area contributed by atoms with Crippen molar-refractivity contribution < 1.29 is 13.3 Å². The fourth-order valence-electron chi connectivity index (χ4n) is 2.03. The van der Waals surface area contributed by atoms with Gasteiger partial charge in [-0.15, -0.1) is 0 Å². The van der Waals surface area contributed by atoms with Crippen molar-refractivity contribution in [2.45, 2.75) is 25.2 Å². The van der Waals surface area contributed by atoms with Crippen molar-refractivity contribution in [1.29, 1.82) is 0 Å². The monoisotopic (exact) mass is 362 g/mol. The Kier molecular flexibility index (Phi) is 5.71. The van der Waals surface area contributed by atoms with E-state index in [1.165, 1.54) is 12.1 Å². The number of para-hydroxylation sites is 1. The first kappa shape index (κ1) is 18.4. The summed E-state index contributed by atoms with van der Waals surface area (Å²) in [4.78, 5) is 10.1. The predicted octanol–water partition coefficient (Wildman–Crippen LogP) is 3.51. The number of aryl methyl sites for hydroxylation is 1. The highest BCUT2D eigenvalue weighted by Gasteiger charge is 2.23. The fourth-order valence-corrected chi connectivity index (χ4v) is 3.34. The average molecular weight is 362 g/mol. The Hall–Kier alpha value is -2.94. The summed E-state index contributed by atoms with van der Waals surface area (Å²) in [6.07, 6.45) is 2.22. The topological polar surface area (TPSA) is 114 Å². The number of sulfonamides is 1. The van der Waals surface area contributed by atoms with Crippen molar-refractivity contribution >= 4 is 33.3 Å². The number of non-ortho nitro benzene ring substituents is 1. The van der Waals surface area contributed by atoms with Crippen LogP contribution in [0.25, 0.3) is 0 Å². The van der Waals surface area contributed by atoms with Crippen LogP contribution >= 0.6 is 0 Å². The highest BCUT2D eigenvalue weighted by atomic mass is 32.2. The Labute approximate surface area is 145 Å². The summed E-state index contributed by atoms with van der Waals surface area (Å²) in [5.74, 6) is 0. The number of rotatable bonds is 7. The first-order valence-corrected chi connectivity index (χ1v) is 8.98. The lowest BCUT2D eigenvalue weighted by atomic mass is 10.2. The first-order valence-electron chi connectivity index (χ1n) is 7.49. The van der Waals surface area contributed by atoms with Gasteiger partial charge in [-0.3, -0.25) is 20.3 Å². The Bertz CT molecular complexity index is 910. The first-order chi connectivity index (χ1) is 11.8. The highest BCUT2D eigenvalue weighted by molar-refractivity contribution is 7.92. The number of nitro benzene ring substituents is 1. The van der Waals surface area contributed by atoms with E-state index in [1.54, 1.807) is 37.4 Å². The van der Waals surface area contributed by atoms with E-state index < -0.39 is 14.9 Å². The Morgan fingerprint density at radius 3 is 2.56 bits per heavy atom. The fraction of sp³-hybridized carbons (Fsp3) is 0.188. The van der Waals surface area contributed by atoms with Gasteiger partial charge in [-0.25, -0.2) is 8.42 Å². The molecule has 25 heavy (non-hydrogen) atoms. The number of hydrogen-bond acceptors (Lipinski definition) is 6. The molecule has 0 heterocycles. The van der Waals surface area contributed by atoms with E-state index in [1.807, 2.05) is 6.92 Å². The Balaban J connectivity index is 2.49. The summed E-state index contributed by atoms with van der Waals surface area (Å²) in [6.45, 7) is 3.63. The van der Waals surface area contributed by atoms with Crippen molar-refractivity contribution in [2.75, 3.05) is 10.1 Å². The summed E-state index contributed by atoms with van der Waals surface area (Å²) in [5, 5.41) is 14.9. The molecule has 0 aliphatic rings. The van der Waals surface area contributed by atoms with Gasteiger partial charge in [0.15, 0.2) is 0 Å². The largest absolute Gasteiger partial charge is 0.279 e. The molecule has 132 valence electrons. The summed E-state index contributed by atoms with van der Waals surface area (Å²) in [7, 11) is -4.05. The smallest absolute Gasteiger partial charge is 0.270 e. The Morgan fingerprint density at radius 1 is 1.20 bits per heavy atom. The lowest BCUT2D eigenvalue weighted by Gasteiger charge is -2.13. The number of nitrogens with zero attached hydrogens (tertiary/aromatic N) is 2. The third kappa shape index (κ3) is 4.54. The quantitative estimate of drug-likeness (QED) is 0.444. The lowest BCUT2D eigenvalue weighted by Crippen LogP contribution is -2.15. The van der Waals surface area contributed by atoms with Crippen molar-refractivity contribution in [2.24, 2.45) is 5.10 Å². The SMILES string of the molecule is CCC=NNc1ccc([N+](=O)[O-])cc1S(=O)(=O)Nc1ccccc1C. The van der Waals surface area contributed by atoms with Crippen LogP contribution in [-0.4, -0.2) is 19.6 Å². The van der Waals surface area contributed by atoms with Crippen LogP contribution in [0, 0.1) is 17.0 Å². The van der Waals surface area contributed by atoms with Gasteiger partial charge in [0.1, 0.15) is 4.90 Å². The van der Waals surface area contributed by atoms with E-state index in [0.29, 0.717) is 12.1 Å². The summed E-state index contributed by atoms with van der Waals surface area (Å²) in [6, 6.07) is 10.4. The van der Waals surface area contributed by atoms with Crippen LogP contribution in [0.5, 0.6) is 0 Å². The van der Waals surface area contributed by atoms with Gasteiger partial charge in [0.05, 0.1) is 16.3 Å². The van der Waals surface area contributed by atoms with Crippen LogP contribution in [-0.2, 0) is 10.0 Å². The van der Waals surface area contributed by atoms with Gasteiger partial charge in [0.25, 0.3) is 15.7 Å². The van der Waals surface area contributed by atoms with Crippen LogP contribution in [0.3, 0.4) is 0 Å². The van der Waals surface area contributed by atoms with Crippen molar-refractivity contribution in [3.63, 3.8) is 0 Å². The molecular formula is C16H18N4O4S. The molecule has 0 unspecified atom stereocenters. The minimum absolute atomic E-state index is 0.149. The molecule has 0 saturated carbocycles. The maximum Gasteiger partial charge on any atom is 0.270 e. The summed E-state index contributed by atoms with van der Waals surface area (Å²) in [5.41, 5.74) is 3.57. The molecule has 0 saturated heterocycles. The zero-order chi connectivity index (χ0) is 18.4. The lowest BCUT2D eigenvalue weighted by molar-refractivity contribution is -0.385. The standard InChI is InChI=1S/C16H18N4O4S/c1-3-10-17-18-15-9-8-13(20(21)22)11-16(15)25(23,24)19-14-7-5-4-6-12(14)2/h4-11,18-19H,3H2,1-2H3. The van der Waals surface area contributed by atoms with Gasteiger partial charge in [0.2, 0.25) is 0 Å². The van der Waals surface area contributed by atoms with Crippen LogP contribution in [0.4, 0.5) is 17.1 Å².